The van der Waals surface area contributed by atoms with E-state index in [-0.39, 0.29) is 0 Å². The first-order valence-corrected chi connectivity index (χ1v) is 5.10. The van der Waals surface area contributed by atoms with Gasteiger partial charge in [-0.3, -0.25) is 0 Å². The molecular weight excluding hydrogens is 320 g/mol. The molecule has 0 radical (unpaired) electrons. The van der Waals surface area contributed by atoms with Crippen LogP contribution in [0.3, 0.4) is 0 Å². The van der Waals surface area contributed by atoms with E-state index in [4.69, 9.17) is 5.11 Å². The molecular formula is C10H10F8O3. The third-order valence-corrected chi connectivity index (χ3v) is 2.22. The first kappa shape index (κ1) is 19.6. The molecule has 0 aliphatic heterocycles. The largest absolute Gasteiger partial charge is 0.456 e. The van der Waals surface area contributed by atoms with Gasteiger partial charge in [-0.25, -0.2) is 13.6 Å². The lowest BCUT2D eigenvalue weighted by atomic mass is 10.00. The Morgan fingerprint density at radius 1 is 1.19 bits per heavy atom. The zero-order valence-electron chi connectivity index (χ0n) is 10.4. The average Bonchev–Trinajstić information content (AvgIpc) is 2.33. The Hall–Kier alpha value is -1.39. The summed E-state index contributed by atoms with van der Waals surface area (Å²) in [6.07, 6.45) is -8.71. The van der Waals surface area contributed by atoms with Gasteiger partial charge in [-0.2, -0.15) is 26.3 Å². The average molecular weight is 330 g/mol. The quantitative estimate of drug-likeness (QED) is 0.443. The molecule has 0 bridgehead atoms. The molecule has 1 atom stereocenters. The van der Waals surface area contributed by atoms with E-state index in [0.29, 0.717) is 0 Å². The lowest BCUT2D eigenvalue weighted by Gasteiger charge is -2.34. The van der Waals surface area contributed by atoms with Crippen LogP contribution in [-0.4, -0.2) is 48.0 Å². The van der Waals surface area contributed by atoms with Crippen LogP contribution < -0.4 is 0 Å². The Labute approximate surface area is 113 Å². The topological polar surface area (TPSA) is 46.5 Å². The molecule has 11 heteroatoms. The van der Waals surface area contributed by atoms with Gasteiger partial charge in [0.2, 0.25) is 0 Å². The minimum absolute atomic E-state index is 0.478. The van der Waals surface area contributed by atoms with E-state index < -0.39 is 48.4 Å². The number of carbonyl (C=O) groups is 1. The van der Waals surface area contributed by atoms with Crippen molar-refractivity contribution in [2.45, 2.75) is 37.2 Å². The summed E-state index contributed by atoms with van der Waals surface area (Å²) in [5.74, 6) is -19.8. The molecule has 0 aromatic rings. The maximum Gasteiger partial charge on any atom is 0.378 e. The summed E-state index contributed by atoms with van der Waals surface area (Å²) in [5.41, 5.74) is -0.478. The van der Waals surface area contributed by atoms with Gasteiger partial charge < -0.3 is 9.84 Å². The lowest BCUT2D eigenvalue weighted by molar-refractivity contribution is -0.347. The Morgan fingerprint density at radius 2 is 1.62 bits per heavy atom. The third-order valence-electron chi connectivity index (χ3n) is 2.22. The van der Waals surface area contributed by atoms with E-state index in [0.717, 1.165) is 6.92 Å². The zero-order valence-corrected chi connectivity index (χ0v) is 10.4. The number of hydrogen-bond donors (Lipinski definition) is 1. The van der Waals surface area contributed by atoms with Gasteiger partial charge in [-0.15, -0.1) is 0 Å². The van der Waals surface area contributed by atoms with Crippen LogP contribution in [0.15, 0.2) is 12.2 Å². The highest BCUT2D eigenvalue weighted by molar-refractivity contribution is 5.86. The summed E-state index contributed by atoms with van der Waals surface area (Å²) >= 11 is 0. The number of alkyl halides is 8. The van der Waals surface area contributed by atoms with E-state index in [1.807, 2.05) is 0 Å². The molecule has 0 aliphatic rings. The lowest BCUT2D eigenvalue weighted by Crippen LogP contribution is -2.62. The van der Waals surface area contributed by atoms with Crippen molar-refractivity contribution in [3.8, 4) is 0 Å². The van der Waals surface area contributed by atoms with Gasteiger partial charge in [0, 0.05) is 5.57 Å². The van der Waals surface area contributed by atoms with Gasteiger partial charge in [0.15, 0.2) is 12.7 Å². The van der Waals surface area contributed by atoms with Crippen molar-refractivity contribution >= 4 is 5.97 Å². The van der Waals surface area contributed by atoms with E-state index in [1.165, 1.54) is 0 Å². The number of halogens is 8. The molecule has 21 heavy (non-hydrogen) atoms. The van der Waals surface area contributed by atoms with Crippen molar-refractivity contribution in [3.63, 3.8) is 0 Å². The third kappa shape index (κ3) is 3.83. The van der Waals surface area contributed by atoms with E-state index >= 15 is 0 Å². The van der Waals surface area contributed by atoms with Crippen molar-refractivity contribution in [2.75, 3.05) is 6.61 Å². The zero-order chi connectivity index (χ0) is 17.2. The van der Waals surface area contributed by atoms with Crippen molar-refractivity contribution in [2.24, 2.45) is 0 Å². The Bertz CT molecular complexity index is 407. The highest BCUT2D eigenvalue weighted by atomic mass is 19.3. The number of aliphatic hydroxyl groups excluding tert-OH is 1. The molecule has 0 aromatic heterocycles. The standard InChI is InChI=1S/C10H10F8O3/c1-4(2)7(20)21-3-8(13,14)10(17,18)9(15,16)5(19)6(11)12/h5-6,19H,1,3H2,2H3. The molecule has 0 saturated carbocycles. The SMILES string of the molecule is C=C(C)C(=O)OCC(F)(F)C(F)(F)C(F)(F)C(O)C(F)F. The molecule has 0 fully saturated rings. The van der Waals surface area contributed by atoms with Gasteiger partial charge in [0.05, 0.1) is 0 Å². The second-order valence-corrected chi connectivity index (χ2v) is 4.04. The number of aliphatic hydroxyl groups is 1. The minimum Gasteiger partial charge on any atom is -0.456 e. The van der Waals surface area contributed by atoms with Crippen LogP contribution in [0.4, 0.5) is 35.1 Å². The highest BCUT2D eigenvalue weighted by Crippen LogP contribution is 2.48. The van der Waals surface area contributed by atoms with Crippen LogP contribution in [0.1, 0.15) is 6.92 Å². The van der Waals surface area contributed by atoms with Gasteiger partial charge in [-0.05, 0) is 6.92 Å². The Balaban J connectivity index is 5.27. The molecule has 0 aliphatic carbocycles. The molecule has 0 heterocycles. The Kier molecular flexibility index (Phi) is 5.75. The van der Waals surface area contributed by atoms with Crippen molar-refractivity contribution in [1.82, 2.24) is 0 Å². The van der Waals surface area contributed by atoms with Crippen molar-refractivity contribution < 1.29 is 49.8 Å². The fourth-order valence-corrected chi connectivity index (χ4v) is 0.958. The monoisotopic (exact) mass is 330 g/mol. The number of carbonyl (C=O) groups excluding carboxylic acids is 1. The first-order valence-electron chi connectivity index (χ1n) is 5.10. The van der Waals surface area contributed by atoms with Gasteiger partial charge >= 0.3 is 23.7 Å². The molecule has 0 rings (SSSR count). The van der Waals surface area contributed by atoms with Crippen molar-refractivity contribution in [3.05, 3.63) is 12.2 Å². The van der Waals surface area contributed by atoms with Crippen LogP contribution in [-0.2, 0) is 9.53 Å². The van der Waals surface area contributed by atoms with Crippen LogP contribution in [0.5, 0.6) is 0 Å². The predicted molar refractivity (Wildman–Crippen MR) is 52.6 cm³/mol. The number of hydrogen-bond acceptors (Lipinski definition) is 3. The highest BCUT2D eigenvalue weighted by Gasteiger charge is 2.75. The van der Waals surface area contributed by atoms with E-state index in [1.54, 1.807) is 0 Å². The molecule has 0 saturated heterocycles. The van der Waals surface area contributed by atoms with Gasteiger partial charge in [0.25, 0.3) is 6.43 Å². The molecule has 1 N–H and O–H groups in total. The van der Waals surface area contributed by atoms with Crippen LogP contribution in [0.2, 0.25) is 0 Å². The molecule has 0 aromatic carbocycles. The summed E-state index contributed by atoms with van der Waals surface area (Å²) in [7, 11) is 0. The number of esters is 1. The second-order valence-electron chi connectivity index (χ2n) is 4.04. The molecule has 1 unspecified atom stereocenters. The number of rotatable bonds is 7. The van der Waals surface area contributed by atoms with Gasteiger partial charge in [0.1, 0.15) is 0 Å². The summed E-state index contributed by atoms with van der Waals surface area (Å²) in [6.45, 7) is 1.39. The van der Waals surface area contributed by atoms with Crippen LogP contribution in [0, 0.1) is 0 Å². The molecule has 124 valence electrons. The fraction of sp³-hybridized carbons (Fsp3) is 0.700. The Morgan fingerprint density at radius 3 is 1.95 bits per heavy atom. The van der Waals surface area contributed by atoms with Crippen LogP contribution >= 0.6 is 0 Å². The van der Waals surface area contributed by atoms with E-state index in [2.05, 4.69) is 11.3 Å². The maximum absolute atomic E-state index is 13.1. The number of ether oxygens (including phenoxy) is 1. The molecule has 0 spiro atoms. The maximum atomic E-state index is 13.1. The summed E-state index contributed by atoms with van der Waals surface area (Å²) < 4.78 is 105. The second kappa shape index (κ2) is 6.16. The molecule has 0 amide bonds. The van der Waals surface area contributed by atoms with E-state index in [9.17, 15) is 39.9 Å². The van der Waals surface area contributed by atoms with Gasteiger partial charge in [-0.1, -0.05) is 6.58 Å². The minimum atomic E-state index is -6.38. The van der Waals surface area contributed by atoms with Crippen molar-refractivity contribution in [1.29, 1.82) is 0 Å². The molecule has 3 nitrogen and oxygen atoms in total. The normalized spacial score (nSPS) is 15.0. The first-order chi connectivity index (χ1) is 9.18. The predicted octanol–water partition coefficient (Wildman–Crippen LogP) is 2.64. The summed E-state index contributed by atoms with van der Waals surface area (Å²) in [4.78, 5) is 10.8. The summed E-state index contributed by atoms with van der Waals surface area (Å²) in [6, 6.07) is 0. The summed E-state index contributed by atoms with van der Waals surface area (Å²) in [5, 5.41) is 8.28. The van der Waals surface area contributed by atoms with Crippen LogP contribution in [0.25, 0.3) is 0 Å². The smallest absolute Gasteiger partial charge is 0.378 e. The fourth-order valence-electron chi connectivity index (χ4n) is 0.958.